The van der Waals surface area contributed by atoms with Crippen LogP contribution in [-0.4, -0.2) is 17.8 Å². The van der Waals surface area contributed by atoms with Gasteiger partial charge in [-0.25, -0.2) is 0 Å². The second-order valence-corrected chi connectivity index (χ2v) is 6.35. The Kier molecular flexibility index (Phi) is 10.8. The van der Waals surface area contributed by atoms with Crippen molar-refractivity contribution in [2.24, 2.45) is 0 Å². The van der Waals surface area contributed by atoms with Crippen LogP contribution >= 0.6 is 0 Å². The summed E-state index contributed by atoms with van der Waals surface area (Å²) in [6, 6.07) is 8.29. The molecule has 0 heterocycles. The molecular weight excluding hydrogens is 272 g/mol. The van der Waals surface area contributed by atoms with E-state index < -0.39 is 0 Å². The summed E-state index contributed by atoms with van der Waals surface area (Å²) < 4.78 is 5.78. The molecule has 2 heteroatoms. The molecule has 0 saturated carbocycles. The van der Waals surface area contributed by atoms with Gasteiger partial charge in [0.15, 0.2) is 0 Å². The number of aliphatic hydroxyl groups excluding tert-OH is 1. The van der Waals surface area contributed by atoms with Gasteiger partial charge in [-0.15, -0.1) is 0 Å². The maximum absolute atomic E-state index is 9.29. The molecule has 1 atom stereocenters. The average Bonchev–Trinajstić information content (AvgIpc) is 2.52. The zero-order valence-electron chi connectivity index (χ0n) is 14.5. The van der Waals surface area contributed by atoms with Crippen molar-refractivity contribution < 1.29 is 9.84 Å². The molecule has 126 valence electrons. The van der Waals surface area contributed by atoms with Crippen LogP contribution in [0.2, 0.25) is 0 Å². The topological polar surface area (TPSA) is 29.5 Å². The van der Waals surface area contributed by atoms with Crippen molar-refractivity contribution in [3.05, 3.63) is 29.8 Å². The van der Waals surface area contributed by atoms with Crippen LogP contribution in [0.3, 0.4) is 0 Å². The van der Waals surface area contributed by atoms with Crippen molar-refractivity contribution in [3.63, 3.8) is 0 Å². The summed E-state index contributed by atoms with van der Waals surface area (Å²) >= 11 is 0. The summed E-state index contributed by atoms with van der Waals surface area (Å²) in [6.07, 6.45) is 12.2. The zero-order valence-corrected chi connectivity index (χ0v) is 14.5. The first-order chi connectivity index (χ1) is 10.7. The summed E-state index contributed by atoms with van der Waals surface area (Å²) in [5, 5.41) is 9.29. The second-order valence-electron chi connectivity index (χ2n) is 6.35. The fourth-order valence-electron chi connectivity index (χ4n) is 2.55. The van der Waals surface area contributed by atoms with Crippen molar-refractivity contribution >= 4 is 0 Å². The van der Waals surface area contributed by atoms with Crippen LogP contribution in [0.4, 0.5) is 0 Å². The number of hydrogen-bond donors (Lipinski definition) is 1. The van der Waals surface area contributed by atoms with Gasteiger partial charge in [-0.1, -0.05) is 64.0 Å². The highest BCUT2D eigenvalue weighted by Crippen LogP contribution is 2.15. The lowest BCUT2D eigenvalue weighted by Gasteiger charge is -2.08. The molecule has 0 saturated heterocycles. The predicted octanol–water partition coefficient (Wildman–Crippen LogP) is 5.52. The van der Waals surface area contributed by atoms with Crippen LogP contribution in [0, 0.1) is 0 Å². The van der Waals surface area contributed by atoms with Crippen molar-refractivity contribution in [2.75, 3.05) is 6.61 Å². The lowest BCUT2D eigenvalue weighted by atomic mass is 10.1. The highest BCUT2D eigenvalue weighted by Gasteiger charge is 1.99. The molecule has 0 aromatic heterocycles. The Bertz CT molecular complexity index is 356. The summed E-state index contributed by atoms with van der Waals surface area (Å²) in [5.74, 6) is 0.962. The van der Waals surface area contributed by atoms with Gasteiger partial charge in [0.2, 0.25) is 0 Å². The van der Waals surface area contributed by atoms with Crippen LogP contribution in [0.5, 0.6) is 5.75 Å². The van der Waals surface area contributed by atoms with Crippen molar-refractivity contribution in [2.45, 2.75) is 84.2 Å². The molecule has 0 unspecified atom stereocenters. The van der Waals surface area contributed by atoms with Crippen molar-refractivity contribution in [3.8, 4) is 5.75 Å². The molecule has 2 nitrogen and oxygen atoms in total. The minimum atomic E-state index is -0.224. The number of ether oxygens (including phenoxy) is 1. The first-order valence-corrected chi connectivity index (χ1v) is 9.12. The van der Waals surface area contributed by atoms with Gasteiger partial charge in [-0.2, -0.15) is 0 Å². The van der Waals surface area contributed by atoms with E-state index in [1.165, 1.54) is 50.5 Å². The zero-order chi connectivity index (χ0) is 16.0. The molecule has 0 spiro atoms. The molecule has 0 bridgehead atoms. The van der Waals surface area contributed by atoms with Gasteiger partial charge in [0, 0.05) is 0 Å². The van der Waals surface area contributed by atoms with Gasteiger partial charge >= 0.3 is 0 Å². The van der Waals surface area contributed by atoms with Crippen LogP contribution in [0.15, 0.2) is 24.3 Å². The van der Waals surface area contributed by atoms with Gasteiger partial charge in [-0.05, 0) is 43.9 Å². The molecule has 0 fully saturated rings. The average molecular weight is 306 g/mol. The maximum atomic E-state index is 9.29. The van der Waals surface area contributed by atoms with Crippen molar-refractivity contribution in [1.29, 1.82) is 0 Å². The molecule has 0 aliphatic rings. The first kappa shape index (κ1) is 19.0. The predicted molar refractivity (Wildman–Crippen MR) is 94.5 cm³/mol. The lowest BCUT2D eigenvalue weighted by Crippen LogP contribution is -2.01. The summed E-state index contributed by atoms with van der Waals surface area (Å²) in [6.45, 7) is 4.92. The summed E-state index contributed by atoms with van der Waals surface area (Å²) in [4.78, 5) is 0. The molecular formula is C20H34O2. The Balaban J connectivity index is 2.03. The fourth-order valence-corrected chi connectivity index (χ4v) is 2.55. The van der Waals surface area contributed by atoms with E-state index in [0.29, 0.717) is 0 Å². The SMILES string of the molecule is CCCCCCCCCCOc1ccc(CC[C@H](C)O)cc1. The number of unbranched alkanes of at least 4 members (excludes halogenated alkanes) is 7. The molecule has 0 radical (unpaired) electrons. The van der Waals surface area contributed by atoms with Crippen molar-refractivity contribution in [1.82, 2.24) is 0 Å². The van der Waals surface area contributed by atoms with Gasteiger partial charge in [0.25, 0.3) is 0 Å². The number of aliphatic hydroxyl groups is 1. The third-order valence-electron chi connectivity index (χ3n) is 4.04. The van der Waals surface area contributed by atoms with Crippen LogP contribution in [0.25, 0.3) is 0 Å². The Hall–Kier alpha value is -1.02. The molecule has 1 N–H and O–H groups in total. The smallest absolute Gasteiger partial charge is 0.119 e. The quantitative estimate of drug-likeness (QED) is 0.486. The molecule has 22 heavy (non-hydrogen) atoms. The first-order valence-electron chi connectivity index (χ1n) is 9.12. The third-order valence-corrected chi connectivity index (χ3v) is 4.04. The number of benzene rings is 1. The lowest BCUT2D eigenvalue weighted by molar-refractivity contribution is 0.185. The van der Waals surface area contributed by atoms with Gasteiger partial charge in [0.05, 0.1) is 12.7 Å². The Labute approximate surface area is 136 Å². The van der Waals surface area contributed by atoms with E-state index in [1.54, 1.807) is 0 Å². The van der Waals surface area contributed by atoms with E-state index in [0.717, 1.165) is 31.6 Å². The molecule has 1 rings (SSSR count). The highest BCUT2D eigenvalue weighted by atomic mass is 16.5. The Morgan fingerprint density at radius 1 is 0.909 bits per heavy atom. The van der Waals surface area contributed by atoms with E-state index in [9.17, 15) is 5.11 Å². The monoisotopic (exact) mass is 306 g/mol. The van der Waals surface area contributed by atoms with Gasteiger partial charge in [-0.3, -0.25) is 0 Å². The third kappa shape index (κ3) is 9.83. The Morgan fingerprint density at radius 3 is 2.09 bits per heavy atom. The van der Waals surface area contributed by atoms with Crippen LogP contribution in [0.1, 0.15) is 77.2 Å². The van der Waals surface area contributed by atoms with Crippen LogP contribution in [-0.2, 0) is 6.42 Å². The molecule has 0 amide bonds. The molecule has 1 aromatic rings. The number of aryl methyl sites for hydroxylation is 1. The minimum Gasteiger partial charge on any atom is -0.494 e. The normalized spacial score (nSPS) is 12.3. The molecule has 0 aliphatic carbocycles. The van der Waals surface area contributed by atoms with E-state index in [2.05, 4.69) is 19.1 Å². The summed E-state index contributed by atoms with van der Waals surface area (Å²) in [7, 11) is 0. The minimum absolute atomic E-state index is 0.224. The maximum Gasteiger partial charge on any atom is 0.119 e. The number of rotatable bonds is 13. The second kappa shape index (κ2) is 12.5. The van der Waals surface area contributed by atoms with E-state index in [1.807, 2.05) is 19.1 Å². The standard InChI is InChI=1S/C20H34O2/c1-3-4-5-6-7-8-9-10-17-22-20-15-13-19(14-16-20)12-11-18(2)21/h13-16,18,21H,3-12,17H2,1-2H3/t18-/m0/s1. The van der Waals surface area contributed by atoms with Crippen LogP contribution < -0.4 is 4.74 Å². The Morgan fingerprint density at radius 2 is 1.50 bits per heavy atom. The van der Waals surface area contributed by atoms with E-state index >= 15 is 0 Å². The van der Waals surface area contributed by atoms with E-state index in [4.69, 9.17) is 4.74 Å². The molecule has 0 aliphatic heterocycles. The van der Waals surface area contributed by atoms with Gasteiger partial charge < -0.3 is 9.84 Å². The largest absolute Gasteiger partial charge is 0.494 e. The summed E-state index contributed by atoms with van der Waals surface area (Å²) in [5.41, 5.74) is 1.26. The van der Waals surface area contributed by atoms with Gasteiger partial charge in [0.1, 0.15) is 5.75 Å². The fraction of sp³-hybridized carbons (Fsp3) is 0.700. The number of hydrogen-bond acceptors (Lipinski definition) is 2. The molecule has 1 aromatic carbocycles. The highest BCUT2D eigenvalue weighted by molar-refractivity contribution is 5.27. The van der Waals surface area contributed by atoms with E-state index in [-0.39, 0.29) is 6.10 Å².